The Balaban J connectivity index is 0.000000147. The van der Waals surface area contributed by atoms with Gasteiger partial charge in [0.05, 0.1) is 24.0 Å². The van der Waals surface area contributed by atoms with Crippen LogP contribution in [-0.4, -0.2) is 5.43 Å². The van der Waals surface area contributed by atoms with Gasteiger partial charge < -0.3 is 8.83 Å². The van der Waals surface area contributed by atoms with Gasteiger partial charge in [-0.05, 0) is 74.6 Å². The Morgan fingerprint density at radius 2 is 0.833 bits per heavy atom. The van der Waals surface area contributed by atoms with Crippen LogP contribution in [0, 0.1) is 41.5 Å². The van der Waals surface area contributed by atoms with Crippen molar-refractivity contribution in [3.8, 4) is 44.9 Å². The third kappa shape index (κ3) is 8.72. The Morgan fingerprint density at radius 3 is 1.20 bits per heavy atom. The van der Waals surface area contributed by atoms with Crippen LogP contribution in [0.2, 0.25) is 13.1 Å². The van der Waals surface area contributed by atoms with Crippen LogP contribution in [0.1, 0.15) is 33.4 Å². The summed E-state index contributed by atoms with van der Waals surface area (Å²) in [6.45, 7) is 17.4. The number of fused-ring (bicyclic) bond motifs is 4. The molecule has 0 aliphatic heterocycles. The Kier molecular flexibility index (Phi) is 12.4. The normalized spacial score (nSPS) is 11.2. The summed E-state index contributed by atoms with van der Waals surface area (Å²) in [7, 11) is 11.2. The Bertz CT molecular complexity index is 2960. The number of hydrogen-bond donors (Lipinski definition) is 0. The van der Waals surface area contributed by atoms with Gasteiger partial charge in [0, 0.05) is 10.8 Å². The number of hydrogen-bond acceptors (Lipinski definition) is 2. The third-order valence-electron chi connectivity index (χ3n) is 11.1. The second-order valence-corrected chi connectivity index (χ2v) is 39.3. The number of halogens is 2. The zero-order chi connectivity index (χ0) is 42.2. The SMILES string of the molecule is C[Si](C)=[Zr]([Cl])[Cl].Cc1cc(C)cc(-c2c(C)ccc3[cH-]c(-c4occ5ccccc45)cc23)c1.Cc1cc(C)cc(-c2c(C)ccc3[cH-]c(-c4occ5ccccc45)cc23)c1. The van der Waals surface area contributed by atoms with E-state index in [0.29, 0.717) is 0 Å². The van der Waals surface area contributed by atoms with E-state index in [1.54, 1.807) is 0 Å². The molecule has 0 bridgehead atoms. The molecule has 0 saturated heterocycles. The summed E-state index contributed by atoms with van der Waals surface area (Å²) in [4.78, 5) is 0. The van der Waals surface area contributed by atoms with Gasteiger partial charge in [0.15, 0.2) is 0 Å². The van der Waals surface area contributed by atoms with Gasteiger partial charge in [-0.15, -0.1) is 57.9 Å². The molecule has 2 nitrogen and oxygen atoms in total. The van der Waals surface area contributed by atoms with Gasteiger partial charge in [0.25, 0.3) is 0 Å². The average molecular weight is 919 g/mol. The first kappa shape index (κ1) is 42.0. The number of aryl methyl sites for hydroxylation is 6. The van der Waals surface area contributed by atoms with E-state index in [2.05, 4.69) is 176 Å². The smallest absolute Gasteiger partial charge is 0.0875 e. The van der Waals surface area contributed by atoms with Crippen LogP contribution in [0.3, 0.4) is 0 Å². The molecule has 8 aromatic carbocycles. The molecule has 0 spiro atoms. The molecule has 0 N–H and O–H groups in total. The van der Waals surface area contributed by atoms with Gasteiger partial charge >= 0.3 is 53.5 Å². The van der Waals surface area contributed by atoms with Crippen LogP contribution >= 0.6 is 17.0 Å². The van der Waals surface area contributed by atoms with E-state index in [-0.39, 0.29) is 5.43 Å². The molecule has 0 unspecified atom stereocenters. The Morgan fingerprint density at radius 1 is 0.467 bits per heavy atom. The summed E-state index contributed by atoms with van der Waals surface area (Å²) in [5.41, 5.74) is 15.1. The minimum atomic E-state index is -1.65. The molecule has 0 saturated carbocycles. The van der Waals surface area contributed by atoms with Crippen LogP contribution in [0.4, 0.5) is 0 Å². The average Bonchev–Trinajstić information content (AvgIpc) is 4.02. The van der Waals surface area contributed by atoms with Crippen molar-refractivity contribution in [1.82, 2.24) is 0 Å². The number of furan rings is 2. The van der Waals surface area contributed by atoms with Gasteiger partial charge in [-0.3, -0.25) is 0 Å². The molecule has 0 aliphatic carbocycles. The predicted octanol–water partition coefficient (Wildman–Crippen LogP) is 17.3. The summed E-state index contributed by atoms with van der Waals surface area (Å²) < 4.78 is 11.9. The summed E-state index contributed by atoms with van der Waals surface area (Å²) >= 11 is -1.65. The summed E-state index contributed by atoms with van der Waals surface area (Å²) in [5, 5.41) is 9.70. The monoisotopic (exact) mass is 916 g/mol. The van der Waals surface area contributed by atoms with E-state index >= 15 is 0 Å². The molecule has 2 heterocycles. The Labute approximate surface area is 368 Å². The maximum Gasteiger partial charge on any atom is 0.0875 e. The minimum Gasteiger partial charge on any atom is -0.498 e. The zero-order valence-corrected chi connectivity index (χ0v) is 40.4. The molecule has 6 heteroatoms. The molecule has 0 amide bonds. The minimum absolute atomic E-state index is 0.224. The molecule has 10 rings (SSSR count). The van der Waals surface area contributed by atoms with Crippen molar-refractivity contribution >= 4 is 65.5 Å². The molecule has 0 atom stereocenters. The standard InChI is InChI=1S/2C26H21O.C2H6Si.2ClH.Zr/c2*1-16-10-17(2)12-21(11-16)25-18(3)8-9-19-13-22(14-24(19)25)26-23-7-5-4-6-20(23)15-27-26;1-3-2;;;/h2*4-15H,1-3H3;1-2H3;2*1H;/q2*-1;;;;+2/p-2. The van der Waals surface area contributed by atoms with Gasteiger partial charge in [0.2, 0.25) is 0 Å². The quantitative estimate of drug-likeness (QED) is 0.130. The Hall–Kier alpha value is -4.70. The summed E-state index contributed by atoms with van der Waals surface area (Å²) in [5.74, 6) is 1.90. The molecule has 0 fully saturated rings. The summed E-state index contributed by atoms with van der Waals surface area (Å²) in [6.07, 6.45) is 3.69. The fourth-order valence-corrected chi connectivity index (χ4v) is 8.48. The van der Waals surface area contributed by atoms with Gasteiger partial charge in [-0.25, -0.2) is 0 Å². The summed E-state index contributed by atoms with van der Waals surface area (Å²) in [6, 6.07) is 48.2. The largest absolute Gasteiger partial charge is 0.498 e. The van der Waals surface area contributed by atoms with Crippen molar-refractivity contribution in [2.75, 3.05) is 0 Å². The van der Waals surface area contributed by atoms with E-state index in [1.165, 1.54) is 77.2 Å². The first-order valence-corrected chi connectivity index (χ1v) is 32.9. The van der Waals surface area contributed by atoms with Gasteiger partial charge in [-0.1, -0.05) is 142 Å². The van der Waals surface area contributed by atoms with E-state index in [9.17, 15) is 0 Å². The molecule has 2 aromatic heterocycles. The molecule has 10 aromatic rings. The topological polar surface area (TPSA) is 26.3 Å². The maximum absolute atomic E-state index is 5.94. The first-order valence-electron chi connectivity index (χ1n) is 20.3. The van der Waals surface area contributed by atoms with Crippen LogP contribution in [-0.2, 0) is 18.0 Å². The van der Waals surface area contributed by atoms with Gasteiger partial charge in [0.1, 0.15) is 0 Å². The molecule has 0 aliphatic rings. The van der Waals surface area contributed by atoms with E-state index in [0.717, 1.165) is 44.2 Å². The van der Waals surface area contributed by atoms with E-state index < -0.39 is 18.0 Å². The molecule has 0 radical (unpaired) electrons. The predicted molar refractivity (Wildman–Crippen MR) is 258 cm³/mol. The maximum atomic E-state index is 5.94. The van der Waals surface area contributed by atoms with Crippen molar-refractivity contribution in [2.24, 2.45) is 0 Å². The molecular weight excluding hydrogens is 871 g/mol. The van der Waals surface area contributed by atoms with Crippen LogP contribution in [0.25, 0.3) is 88.0 Å². The van der Waals surface area contributed by atoms with Gasteiger partial charge in [-0.2, -0.15) is 0 Å². The molecular formula is C54H48Cl2O2SiZr-2. The van der Waals surface area contributed by atoms with Crippen molar-refractivity contribution in [1.29, 1.82) is 0 Å². The van der Waals surface area contributed by atoms with Crippen LogP contribution in [0.15, 0.2) is 155 Å². The van der Waals surface area contributed by atoms with E-state index in [1.807, 2.05) is 24.7 Å². The van der Waals surface area contributed by atoms with Crippen LogP contribution < -0.4 is 0 Å². The van der Waals surface area contributed by atoms with Crippen LogP contribution in [0.5, 0.6) is 0 Å². The molecule has 300 valence electrons. The fraction of sp³-hybridized carbons (Fsp3) is 0.148. The second kappa shape index (κ2) is 17.7. The second-order valence-electron chi connectivity index (χ2n) is 16.3. The third-order valence-corrected chi connectivity index (χ3v) is 30.9. The first-order chi connectivity index (χ1) is 28.8. The zero-order valence-electron chi connectivity index (χ0n) is 35.4. The van der Waals surface area contributed by atoms with Crippen molar-refractivity contribution in [3.63, 3.8) is 0 Å². The fourth-order valence-electron chi connectivity index (χ4n) is 8.48. The number of rotatable bonds is 4. The van der Waals surface area contributed by atoms with E-state index in [4.69, 9.17) is 25.9 Å². The van der Waals surface area contributed by atoms with Crippen molar-refractivity contribution < 1.29 is 26.8 Å². The van der Waals surface area contributed by atoms with Crippen molar-refractivity contribution in [2.45, 2.75) is 54.6 Å². The molecule has 60 heavy (non-hydrogen) atoms. The van der Waals surface area contributed by atoms with Crippen molar-refractivity contribution in [3.05, 3.63) is 179 Å². The number of benzene rings is 6.